The maximum atomic E-state index is 11.5. The van der Waals surface area contributed by atoms with Crippen LogP contribution in [0.3, 0.4) is 0 Å². The normalized spacial score (nSPS) is 24.0. The van der Waals surface area contributed by atoms with Crippen LogP contribution in [0.4, 0.5) is 0 Å². The number of amides is 1. The predicted molar refractivity (Wildman–Crippen MR) is 56.7 cm³/mol. The smallest absolute Gasteiger partial charge is 0.344 e. The molecule has 78 valence electrons. The number of esters is 1. The molecule has 0 N–H and O–H groups in total. The maximum absolute atomic E-state index is 11.5. The summed E-state index contributed by atoms with van der Waals surface area (Å²) in [4.78, 5) is 30.8. The molecule has 1 amide bonds. The van der Waals surface area contributed by atoms with Crippen molar-refractivity contribution < 1.29 is 14.3 Å². The van der Waals surface area contributed by atoms with Crippen molar-refractivity contribution in [2.45, 2.75) is 6.92 Å². The quantitative estimate of drug-likeness (QED) is 0.617. The fourth-order valence-electron chi connectivity index (χ4n) is 1.46. The van der Waals surface area contributed by atoms with Gasteiger partial charge in [-0.25, -0.2) is 14.8 Å². The van der Waals surface area contributed by atoms with E-state index >= 15 is 0 Å². The van der Waals surface area contributed by atoms with Crippen molar-refractivity contribution in [1.29, 1.82) is 0 Å². The zero-order valence-corrected chi connectivity index (χ0v) is 9.00. The summed E-state index contributed by atoms with van der Waals surface area (Å²) >= 11 is 1.18. The molecule has 0 saturated heterocycles. The highest BCUT2D eigenvalue weighted by Crippen LogP contribution is 2.40. The Balaban J connectivity index is 2.39. The average Bonchev–Trinajstić information content (AvgIpc) is 2.56. The molecule has 1 unspecified atom stereocenters. The molecule has 6 heteroatoms. The van der Waals surface area contributed by atoms with Crippen LogP contribution >= 0.6 is 11.8 Å². The number of rotatable bonds is 1. The summed E-state index contributed by atoms with van der Waals surface area (Å²) in [6, 6.07) is 0. The van der Waals surface area contributed by atoms with Crippen LogP contribution < -0.4 is 0 Å². The molecule has 0 bridgehead atoms. The Morgan fingerprint density at radius 2 is 2.33 bits per heavy atom. The van der Waals surface area contributed by atoms with Gasteiger partial charge in [-0.3, -0.25) is 4.79 Å². The van der Waals surface area contributed by atoms with Gasteiger partial charge in [0.2, 0.25) is 0 Å². The number of carbonyl (C=O) groups is 2. The molecular formula is C9H8N2O3S. The first-order valence-electron chi connectivity index (χ1n) is 4.26. The molecule has 2 aliphatic rings. The average molecular weight is 224 g/mol. The first kappa shape index (κ1) is 10.1. The lowest BCUT2D eigenvalue weighted by atomic mass is 10.0. The number of hydrogen-bond donors (Lipinski definition) is 0. The monoisotopic (exact) mass is 224 g/mol. The van der Waals surface area contributed by atoms with Crippen LogP contribution in [-0.4, -0.2) is 30.4 Å². The summed E-state index contributed by atoms with van der Waals surface area (Å²) in [5.41, 5.74) is 0.674. The third-order valence-electron chi connectivity index (χ3n) is 2.23. The highest BCUT2D eigenvalue weighted by molar-refractivity contribution is 8.18. The largest absolute Gasteiger partial charge is 0.465 e. The zero-order chi connectivity index (χ0) is 11.0. The van der Waals surface area contributed by atoms with Crippen molar-refractivity contribution in [3.05, 3.63) is 10.5 Å². The molecule has 2 heterocycles. The van der Waals surface area contributed by atoms with Gasteiger partial charge in [0.1, 0.15) is 12.3 Å². The first-order chi connectivity index (χ1) is 7.15. The minimum absolute atomic E-state index is 0.274. The summed E-state index contributed by atoms with van der Waals surface area (Å²) in [5.74, 6) is -1.18. The molecule has 2 rings (SSSR count). The number of methoxy groups -OCH3 is 1. The number of thioether (sulfide) groups is 1. The lowest BCUT2D eigenvalue weighted by molar-refractivity contribution is -0.135. The maximum Gasteiger partial charge on any atom is 0.344 e. The first-order valence-corrected chi connectivity index (χ1v) is 5.08. The summed E-state index contributed by atoms with van der Waals surface area (Å²) in [5, 5.41) is 0.605. The molecule has 0 spiro atoms. The van der Waals surface area contributed by atoms with Crippen LogP contribution in [0.15, 0.2) is 20.5 Å². The topological polar surface area (TPSA) is 68.1 Å². The van der Waals surface area contributed by atoms with Crippen molar-refractivity contribution in [1.82, 2.24) is 0 Å². The van der Waals surface area contributed by atoms with E-state index in [1.54, 1.807) is 6.92 Å². The molecule has 0 aromatic carbocycles. The van der Waals surface area contributed by atoms with Gasteiger partial charge in [-0.15, -0.1) is 0 Å². The van der Waals surface area contributed by atoms with E-state index in [4.69, 9.17) is 0 Å². The van der Waals surface area contributed by atoms with E-state index in [-0.39, 0.29) is 5.91 Å². The van der Waals surface area contributed by atoms with Gasteiger partial charge in [0.15, 0.2) is 0 Å². The van der Waals surface area contributed by atoms with E-state index in [2.05, 4.69) is 14.7 Å². The Kier molecular flexibility index (Phi) is 2.44. The Hall–Kier alpha value is -1.43. The van der Waals surface area contributed by atoms with Crippen molar-refractivity contribution >= 4 is 35.0 Å². The lowest BCUT2D eigenvalue weighted by Crippen LogP contribution is -2.21. The van der Waals surface area contributed by atoms with Crippen LogP contribution in [0.25, 0.3) is 0 Å². The zero-order valence-electron chi connectivity index (χ0n) is 8.18. The van der Waals surface area contributed by atoms with E-state index in [0.717, 1.165) is 0 Å². The summed E-state index contributed by atoms with van der Waals surface area (Å²) in [6.45, 7) is 1.73. The van der Waals surface area contributed by atoms with Gasteiger partial charge in [0, 0.05) is 0 Å². The van der Waals surface area contributed by atoms with Crippen LogP contribution in [-0.2, 0) is 14.3 Å². The van der Waals surface area contributed by atoms with Crippen molar-refractivity contribution in [2.24, 2.45) is 15.9 Å². The third-order valence-corrected chi connectivity index (χ3v) is 3.48. The van der Waals surface area contributed by atoms with E-state index in [0.29, 0.717) is 15.5 Å². The third kappa shape index (κ3) is 1.50. The van der Waals surface area contributed by atoms with E-state index in [1.165, 1.54) is 25.2 Å². The molecular weight excluding hydrogens is 216 g/mol. The molecule has 0 aromatic rings. The molecule has 0 fully saturated rings. The number of aliphatic imine (C=N–C) groups is 2. The van der Waals surface area contributed by atoms with Gasteiger partial charge in [0.05, 0.1) is 17.1 Å². The molecule has 0 aromatic heterocycles. The summed E-state index contributed by atoms with van der Waals surface area (Å²) in [7, 11) is 1.31. The van der Waals surface area contributed by atoms with Crippen LogP contribution in [0.2, 0.25) is 0 Å². The van der Waals surface area contributed by atoms with E-state index in [1.807, 2.05) is 0 Å². The Morgan fingerprint density at radius 3 is 2.93 bits per heavy atom. The standard InChI is InChI=1S/C9H8N2O3S/c1-4-5-7(12)10-3-11-8(5)15-6(4)9(13)14-2/h3,5H,1-2H3. The van der Waals surface area contributed by atoms with Crippen molar-refractivity contribution in [3.63, 3.8) is 0 Å². The molecule has 0 radical (unpaired) electrons. The molecule has 5 nitrogen and oxygen atoms in total. The fraction of sp³-hybridized carbons (Fsp3) is 0.333. The number of nitrogens with zero attached hydrogens (tertiary/aromatic N) is 2. The summed E-state index contributed by atoms with van der Waals surface area (Å²) < 4.78 is 4.62. The van der Waals surface area contributed by atoms with Gasteiger partial charge in [-0.05, 0) is 12.5 Å². The molecule has 0 aliphatic carbocycles. The highest BCUT2D eigenvalue weighted by atomic mass is 32.2. The second kappa shape index (κ2) is 3.62. The van der Waals surface area contributed by atoms with E-state index < -0.39 is 11.9 Å². The van der Waals surface area contributed by atoms with Crippen LogP contribution in [0, 0.1) is 5.92 Å². The number of ether oxygens (including phenoxy) is 1. The lowest BCUT2D eigenvalue weighted by Gasteiger charge is -2.09. The Morgan fingerprint density at radius 1 is 1.60 bits per heavy atom. The van der Waals surface area contributed by atoms with Gasteiger partial charge < -0.3 is 4.74 Å². The Bertz CT molecular complexity index is 437. The van der Waals surface area contributed by atoms with Crippen molar-refractivity contribution in [3.8, 4) is 0 Å². The van der Waals surface area contributed by atoms with E-state index in [9.17, 15) is 9.59 Å². The number of hydrogen-bond acceptors (Lipinski definition) is 5. The highest BCUT2D eigenvalue weighted by Gasteiger charge is 2.39. The minimum Gasteiger partial charge on any atom is -0.465 e. The van der Waals surface area contributed by atoms with Gasteiger partial charge in [-0.2, -0.15) is 0 Å². The summed E-state index contributed by atoms with van der Waals surface area (Å²) in [6.07, 6.45) is 1.22. The minimum atomic E-state index is -0.478. The number of fused-ring (bicyclic) bond motifs is 1. The van der Waals surface area contributed by atoms with Gasteiger partial charge >= 0.3 is 5.97 Å². The van der Waals surface area contributed by atoms with Crippen LogP contribution in [0.1, 0.15) is 6.92 Å². The SMILES string of the molecule is COC(=O)C1=C(C)C2C(=O)N=CN=C2S1. The second-order valence-corrected chi connectivity index (χ2v) is 4.12. The second-order valence-electron chi connectivity index (χ2n) is 3.09. The van der Waals surface area contributed by atoms with Gasteiger partial charge in [0.25, 0.3) is 5.91 Å². The Labute approximate surface area is 90.3 Å². The fourth-order valence-corrected chi connectivity index (χ4v) is 2.61. The molecule has 2 aliphatic heterocycles. The van der Waals surface area contributed by atoms with Gasteiger partial charge in [-0.1, -0.05) is 11.8 Å². The molecule has 15 heavy (non-hydrogen) atoms. The van der Waals surface area contributed by atoms with Crippen molar-refractivity contribution in [2.75, 3.05) is 7.11 Å². The van der Waals surface area contributed by atoms with Crippen LogP contribution in [0.5, 0.6) is 0 Å². The predicted octanol–water partition coefficient (Wildman–Crippen LogP) is 0.763. The molecule has 0 saturated carbocycles. The molecule has 1 atom stereocenters. The number of carbonyl (C=O) groups excluding carboxylic acids is 2.